The van der Waals surface area contributed by atoms with Gasteiger partial charge in [0.2, 0.25) is 0 Å². The van der Waals surface area contributed by atoms with Gasteiger partial charge in [-0.15, -0.1) is 0 Å². The molecule has 0 spiro atoms. The van der Waals surface area contributed by atoms with E-state index in [0.29, 0.717) is 53.0 Å². The number of esters is 1. The molecule has 0 fully saturated rings. The van der Waals surface area contributed by atoms with Crippen LogP contribution < -0.4 is 14.8 Å². The number of nitro groups is 1. The second kappa shape index (κ2) is 10.8. The molecular formula is C27H27FN2O7. The maximum absolute atomic E-state index is 13.8. The molecule has 0 saturated heterocycles. The number of Topliss-reactive ketones (excluding diaryl/α,β-unsaturated/α-hetero) is 1. The normalized spacial score (nSPS) is 17.2. The highest BCUT2D eigenvalue weighted by Crippen LogP contribution is 2.43. The van der Waals surface area contributed by atoms with E-state index in [1.54, 1.807) is 32.0 Å². The summed E-state index contributed by atoms with van der Waals surface area (Å²) >= 11 is 0. The molecule has 0 amide bonds. The molecule has 0 saturated carbocycles. The first-order chi connectivity index (χ1) is 17.7. The Kier molecular flexibility index (Phi) is 7.56. The zero-order valence-electron chi connectivity index (χ0n) is 20.8. The topological polar surface area (TPSA) is 117 Å². The van der Waals surface area contributed by atoms with Crippen molar-refractivity contribution < 1.29 is 33.1 Å². The van der Waals surface area contributed by atoms with Crippen LogP contribution in [0.15, 0.2) is 58.9 Å². The van der Waals surface area contributed by atoms with Gasteiger partial charge in [0.25, 0.3) is 0 Å². The summed E-state index contributed by atoms with van der Waals surface area (Å²) in [5.41, 5.74) is 3.03. The van der Waals surface area contributed by atoms with Gasteiger partial charge in [-0.25, -0.2) is 9.18 Å². The first-order valence-corrected chi connectivity index (χ1v) is 11.9. The fraction of sp³-hybridized carbons (Fsp3) is 0.333. The summed E-state index contributed by atoms with van der Waals surface area (Å²) in [5, 5.41) is 14.6. The van der Waals surface area contributed by atoms with Crippen molar-refractivity contribution in [2.75, 3.05) is 13.7 Å². The van der Waals surface area contributed by atoms with Crippen LogP contribution in [0.1, 0.15) is 50.2 Å². The number of dihydropyridines is 1. The lowest BCUT2D eigenvalue weighted by atomic mass is 9.75. The zero-order valence-corrected chi connectivity index (χ0v) is 20.8. The molecule has 1 atom stereocenters. The summed E-state index contributed by atoms with van der Waals surface area (Å²) in [7, 11) is 1.47. The van der Waals surface area contributed by atoms with E-state index in [1.165, 1.54) is 7.11 Å². The molecule has 1 aliphatic carbocycles. The molecule has 2 aliphatic rings. The van der Waals surface area contributed by atoms with E-state index in [-0.39, 0.29) is 30.4 Å². The molecule has 9 nitrogen and oxygen atoms in total. The van der Waals surface area contributed by atoms with Crippen molar-refractivity contribution in [3.05, 3.63) is 86.0 Å². The molecule has 0 aromatic heterocycles. The lowest BCUT2D eigenvalue weighted by Gasteiger charge is -2.34. The van der Waals surface area contributed by atoms with Crippen LogP contribution >= 0.6 is 0 Å². The number of methoxy groups -OCH3 is 1. The average molecular weight is 511 g/mol. The van der Waals surface area contributed by atoms with Gasteiger partial charge in [-0.1, -0.05) is 6.07 Å². The van der Waals surface area contributed by atoms with E-state index in [4.69, 9.17) is 14.2 Å². The summed E-state index contributed by atoms with van der Waals surface area (Å²) in [4.78, 5) is 36.8. The lowest BCUT2D eigenvalue weighted by Crippen LogP contribution is -2.34. The van der Waals surface area contributed by atoms with Crippen molar-refractivity contribution in [3.8, 4) is 11.5 Å². The SMILES string of the molecule is CCOC(=O)C1=C(C)NC2=C(C(=O)CCC2)[C@H]1c1ccc(OC)c(COc2cc(F)ccc2[N+](=O)[O-])c1. The number of hydrogen-bond donors (Lipinski definition) is 1. The second-order valence-corrected chi connectivity index (χ2v) is 8.72. The summed E-state index contributed by atoms with van der Waals surface area (Å²) in [5.74, 6) is -1.71. The van der Waals surface area contributed by atoms with E-state index in [2.05, 4.69) is 5.32 Å². The smallest absolute Gasteiger partial charge is 0.336 e. The van der Waals surface area contributed by atoms with Gasteiger partial charge in [0, 0.05) is 47.0 Å². The average Bonchev–Trinajstić information content (AvgIpc) is 2.86. The third-order valence-corrected chi connectivity index (χ3v) is 6.41. The van der Waals surface area contributed by atoms with Crippen LogP contribution in [0.25, 0.3) is 0 Å². The van der Waals surface area contributed by atoms with Crippen molar-refractivity contribution in [1.82, 2.24) is 5.32 Å². The molecule has 37 heavy (non-hydrogen) atoms. The minimum absolute atomic E-state index is 0.0444. The number of carbonyl (C=O) groups is 2. The number of rotatable bonds is 8. The first-order valence-electron chi connectivity index (χ1n) is 11.9. The van der Waals surface area contributed by atoms with E-state index >= 15 is 0 Å². The summed E-state index contributed by atoms with van der Waals surface area (Å²) < 4.78 is 30.2. The maximum atomic E-state index is 13.8. The number of halogens is 1. The minimum Gasteiger partial charge on any atom is -0.496 e. The molecule has 0 unspecified atom stereocenters. The van der Waals surface area contributed by atoms with Crippen LogP contribution in [0.2, 0.25) is 0 Å². The maximum Gasteiger partial charge on any atom is 0.336 e. The number of allylic oxidation sites excluding steroid dienone is 3. The second-order valence-electron chi connectivity index (χ2n) is 8.72. The Balaban J connectivity index is 1.77. The molecule has 0 radical (unpaired) electrons. The van der Waals surface area contributed by atoms with Crippen LogP contribution in [0.5, 0.6) is 11.5 Å². The van der Waals surface area contributed by atoms with E-state index in [0.717, 1.165) is 23.9 Å². The van der Waals surface area contributed by atoms with Gasteiger partial charge in [-0.3, -0.25) is 14.9 Å². The van der Waals surface area contributed by atoms with Crippen molar-refractivity contribution in [2.45, 2.75) is 45.6 Å². The van der Waals surface area contributed by atoms with Gasteiger partial charge in [0.1, 0.15) is 18.2 Å². The number of carbonyl (C=O) groups excluding carboxylic acids is 2. The van der Waals surface area contributed by atoms with Crippen molar-refractivity contribution >= 4 is 17.4 Å². The molecule has 1 aliphatic heterocycles. The first kappa shape index (κ1) is 25.9. The molecule has 4 rings (SSSR count). The Hall–Kier alpha value is -4.21. The van der Waals surface area contributed by atoms with Crippen LogP contribution in [0, 0.1) is 15.9 Å². The number of nitro benzene ring substituents is 1. The van der Waals surface area contributed by atoms with Crippen LogP contribution in [0.4, 0.5) is 10.1 Å². The summed E-state index contributed by atoms with van der Waals surface area (Å²) in [6.45, 7) is 3.49. The third kappa shape index (κ3) is 5.18. The Labute approximate surface area is 213 Å². The number of ketones is 1. The highest BCUT2D eigenvalue weighted by molar-refractivity contribution is 6.03. The molecule has 0 bridgehead atoms. The molecule has 1 heterocycles. The van der Waals surface area contributed by atoms with Gasteiger partial charge in [-0.2, -0.15) is 0 Å². The Morgan fingerprint density at radius 2 is 1.97 bits per heavy atom. The molecule has 10 heteroatoms. The van der Waals surface area contributed by atoms with E-state index < -0.39 is 22.6 Å². The minimum atomic E-state index is -0.675. The standard InChI is InChI=1S/C27H27FN2O7/c1-4-36-27(32)24-15(2)29-19-6-5-7-21(31)26(19)25(24)16-8-11-22(35-3)17(12-16)14-37-23-13-18(28)9-10-20(23)30(33)34/h8-13,25,29H,4-7,14H2,1-3H3/t25-/m0/s1. The molecule has 1 N–H and O–H groups in total. The predicted octanol–water partition coefficient (Wildman–Crippen LogP) is 4.85. The van der Waals surface area contributed by atoms with Gasteiger partial charge < -0.3 is 19.5 Å². The fourth-order valence-electron chi connectivity index (χ4n) is 4.80. The molecule has 2 aromatic carbocycles. The van der Waals surface area contributed by atoms with Gasteiger partial charge >= 0.3 is 11.7 Å². The highest BCUT2D eigenvalue weighted by atomic mass is 19.1. The van der Waals surface area contributed by atoms with Crippen LogP contribution in [-0.2, 0) is 20.9 Å². The highest BCUT2D eigenvalue weighted by Gasteiger charge is 2.39. The quantitative estimate of drug-likeness (QED) is 0.304. The van der Waals surface area contributed by atoms with Gasteiger partial charge in [-0.05, 0) is 50.5 Å². The predicted molar refractivity (Wildman–Crippen MR) is 131 cm³/mol. The number of hydrogen-bond acceptors (Lipinski definition) is 8. The number of nitrogens with one attached hydrogen (secondary N) is 1. The van der Waals surface area contributed by atoms with Crippen molar-refractivity contribution in [1.29, 1.82) is 0 Å². The lowest BCUT2D eigenvalue weighted by molar-refractivity contribution is -0.386. The van der Waals surface area contributed by atoms with Gasteiger partial charge in [0.05, 0.1) is 24.2 Å². The monoisotopic (exact) mass is 510 g/mol. The largest absolute Gasteiger partial charge is 0.496 e. The number of nitrogens with zero attached hydrogens (tertiary/aromatic N) is 1. The van der Waals surface area contributed by atoms with E-state index in [9.17, 15) is 24.1 Å². The third-order valence-electron chi connectivity index (χ3n) is 6.41. The Bertz CT molecular complexity index is 1330. The fourth-order valence-corrected chi connectivity index (χ4v) is 4.80. The summed E-state index contributed by atoms with van der Waals surface area (Å²) in [6.07, 6.45) is 1.77. The number of benzene rings is 2. The van der Waals surface area contributed by atoms with Crippen molar-refractivity contribution in [2.24, 2.45) is 0 Å². The van der Waals surface area contributed by atoms with Gasteiger partial charge in [0.15, 0.2) is 11.5 Å². The van der Waals surface area contributed by atoms with Crippen molar-refractivity contribution in [3.63, 3.8) is 0 Å². The molecular weight excluding hydrogens is 483 g/mol. The molecule has 2 aromatic rings. The Morgan fingerprint density at radius 1 is 1.19 bits per heavy atom. The van der Waals surface area contributed by atoms with E-state index in [1.807, 2.05) is 0 Å². The Morgan fingerprint density at radius 3 is 2.68 bits per heavy atom. The molecule has 194 valence electrons. The summed E-state index contributed by atoms with van der Waals surface area (Å²) in [6, 6.07) is 8.16. The van der Waals surface area contributed by atoms with Crippen LogP contribution in [-0.4, -0.2) is 30.4 Å². The van der Waals surface area contributed by atoms with Crippen LogP contribution in [0.3, 0.4) is 0 Å². The zero-order chi connectivity index (χ0) is 26.7. The number of ether oxygens (including phenoxy) is 3.